The highest BCUT2D eigenvalue weighted by Gasteiger charge is 2.17. The van der Waals surface area contributed by atoms with Gasteiger partial charge >= 0.3 is 0 Å². The fraction of sp³-hybridized carbons (Fsp3) is 0.222. The van der Waals surface area contributed by atoms with Crippen molar-refractivity contribution >= 4 is 56.0 Å². The van der Waals surface area contributed by atoms with Gasteiger partial charge in [0, 0.05) is 29.9 Å². The number of nitrogens with zero attached hydrogens (tertiary/aromatic N) is 5. The lowest BCUT2D eigenvalue weighted by molar-refractivity contribution is -0.118. The van der Waals surface area contributed by atoms with Crippen molar-refractivity contribution in [1.29, 1.82) is 0 Å². The van der Waals surface area contributed by atoms with Gasteiger partial charge in [0.2, 0.25) is 6.41 Å². The number of hydrogen-bond donors (Lipinski definition) is 1. The van der Waals surface area contributed by atoms with Crippen molar-refractivity contribution in [3.63, 3.8) is 0 Å². The molecule has 28 heavy (non-hydrogen) atoms. The molecular formula is C18H18N6O2S2. The molecule has 3 heterocycles. The third kappa shape index (κ3) is 3.14. The molecule has 3 aromatic heterocycles. The van der Waals surface area contributed by atoms with Gasteiger partial charge in [0.05, 0.1) is 40.0 Å². The lowest BCUT2D eigenvalue weighted by Gasteiger charge is -2.11. The van der Waals surface area contributed by atoms with Crippen LogP contribution in [0.25, 0.3) is 21.3 Å². The predicted octanol–water partition coefficient (Wildman–Crippen LogP) is 2.55. The molecule has 0 aliphatic heterocycles. The molecule has 1 N–H and O–H groups in total. The van der Waals surface area contributed by atoms with E-state index in [0.29, 0.717) is 17.3 Å². The van der Waals surface area contributed by atoms with E-state index in [2.05, 4.69) is 20.3 Å². The Morgan fingerprint density at radius 3 is 3.00 bits per heavy atom. The zero-order chi connectivity index (χ0) is 19.8. The Morgan fingerprint density at radius 2 is 2.25 bits per heavy atom. The quantitative estimate of drug-likeness (QED) is 0.298. The number of nitrogens with one attached hydrogen (secondary N) is 1. The summed E-state index contributed by atoms with van der Waals surface area (Å²) in [6.45, 7) is 2.30. The molecule has 0 aliphatic carbocycles. The monoisotopic (exact) mass is 414 g/mol. The fourth-order valence-electron chi connectivity index (χ4n) is 3.05. The Kier molecular flexibility index (Phi) is 4.82. The number of benzene rings is 1. The van der Waals surface area contributed by atoms with Crippen LogP contribution in [0.3, 0.4) is 0 Å². The van der Waals surface area contributed by atoms with E-state index in [1.807, 2.05) is 36.7 Å². The minimum Gasteiger partial charge on any atom is -0.332 e. The van der Waals surface area contributed by atoms with Gasteiger partial charge in [0.1, 0.15) is 0 Å². The van der Waals surface area contributed by atoms with E-state index in [9.17, 15) is 9.00 Å². The van der Waals surface area contributed by atoms with Gasteiger partial charge < -0.3 is 4.57 Å². The van der Waals surface area contributed by atoms with E-state index >= 15 is 0 Å². The second-order valence-corrected chi connectivity index (χ2v) is 8.89. The molecule has 0 aliphatic rings. The van der Waals surface area contributed by atoms with Crippen molar-refractivity contribution in [1.82, 2.24) is 24.8 Å². The van der Waals surface area contributed by atoms with E-state index in [0.717, 1.165) is 38.1 Å². The first-order valence-electron chi connectivity index (χ1n) is 8.45. The van der Waals surface area contributed by atoms with Crippen molar-refractivity contribution in [3.8, 4) is 0 Å². The summed E-state index contributed by atoms with van der Waals surface area (Å²) in [5, 5.41) is 13.7. The van der Waals surface area contributed by atoms with Crippen LogP contribution >= 0.6 is 11.3 Å². The Morgan fingerprint density at radius 1 is 1.43 bits per heavy atom. The Balaban J connectivity index is 1.67. The van der Waals surface area contributed by atoms with E-state index in [4.69, 9.17) is 0 Å². The summed E-state index contributed by atoms with van der Waals surface area (Å²) in [6, 6.07) is 5.79. The molecule has 4 aromatic rings. The summed E-state index contributed by atoms with van der Waals surface area (Å²) >= 11 is 1.39. The Hall–Kier alpha value is -2.85. The highest BCUT2D eigenvalue weighted by Crippen LogP contribution is 2.30. The van der Waals surface area contributed by atoms with Crippen LogP contribution in [0, 0.1) is 6.92 Å². The maximum Gasteiger partial charge on any atom is 0.230 e. The molecule has 0 spiro atoms. The van der Waals surface area contributed by atoms with Crippen molar-refractivity contribution < 1.29 is 9.00 Å². The first-order chi connectivity index (χ1) is 13.5. The summed E-state index contributed by atoms with van der Waals surface area (Å²) < 4.78 is 15.2. The van der Waals surface area contributed by atoms with Crippen LogP contribution in [0.1, 0.15) is 16.8 Å². The van der Waals surface area contributed by atoms with Gasteiger partial charge in [0.15, 0.2) is 9.99 Å². The highest BCUT2D eigenvalue weighted by molar-refractivity contribution is 7.86. The van der Waals surface area contributed by atoms with Gasteiger partial charge in [-0.3, -0.25) is 14.1 Å². The zero-order valence-corrected chi connectivity index (χ0v) is 17.2. The normalized spacial score (nSPS) is 13.0. The maximum absolute atomic E-state index is 11.8. The lowest BCUT2D eigenvalue weighted by atomic mass is 10.1. The molecule has 1 amide bonds. The molecule has 0 saturated heterocycles. The molecule has 0 fully saturated rings. The van der Waals surface area contributed by atoms with Crippen molar-refractivity contribution in [2.45, 2.75) is 17.8 Å². The standard InChI is InChI=1S/C18H18N6O2S2/c1-11-13(16-17(23(11)2)21-18(27-16)28(3)26)8-20-24(10-25)9-12-5-4-6-15-14(12)7-19-22-15/h4-8,10H,9H2,1-3H3,(H,19,22)/b20-8-. The van der Waals surface area contributed by atoms with Gasteiger partial charge in [0.25, 0.3) is 0 Å². The molecule has 0 radical (unpaired) electrons. The average Bonchev–Trinajstić information content (AvgIpc) is 3.38. The molecule has 0 saturated carbocycles. The van der Waals surface area contributed by atoms with Crippen molar-refractivity contribution in [2.24, 2.45) is 12.1 Å². The molecule has 8 nitrogen and oxygen atoms in total. The number of thiazole rings is 1. The number of aryl methyl sites for hydroxylation is 1. The molecule has 1 atom stereocenters. The minimum absolute atomic E-state index is 0.332. The van der Waals surface area contributed by atoms with E-state index < -0.39 is 10.8 Å². The summed E-state index contributed by atoms with van der Waals surface area (Å²) in [5.41, 5.74) is 4.49. The van der Waals surface area contributed by atoms with Crippen LogP contribution in [-0.4, -0.2) is 47.8 Å². The number of carbonyl (C=O) groups is 1. The fourth-order valence-corrected chi connectivity index (χ4v) is 4.88. The Labute approximate surface area is 167 Å². The smallest absolute Gasteiger partial charge is 0.230 e. The molecule has 1 unspecified atom stereocenters. The number of amides is 1. The van der Waals surface area contributed by atoms with Crippen molar-refractivity contribution in [2.75, 3.05) is 6.26 Å². The van der Waals surface area contributed by atoms with Crippen molar-refractivity contribution in [3.05, 3.63) is 41.2 Å². The molecule has 10 heteroatoms. The molecule has 4 rings (SSSR count). The van der Waals surface area contributed by atoms with Crippen LogP contribution in [0.4, 0.5) is 0 Å². The highest BCUT2D eigenvalue weighted by atomic mass is 32.2. The summed E-state index contributed by atoms with van der Waals surface area (Å²) in [5.74, 6) is 0. The van der Waals surface area contributed by atoms with E-state index in [1.54, 1.807) is 18.7 Å². The number of hydrogen-bond acceptors (Lipinski definition) is 6. The number of carbonyl (C=O) groups excluding carboxylic acids is 1. The van der Waals surface area contributed by atoms with Crippen LogP contribution < -0.4 is 0 Å². The van der Waals surface area contributed by atoms with Crippen LogP contribution in [0.2, 0.25) is 0 Å². The number of fused-ring (bicyclic) bond motifs is 2. The first kappa shape index (κ1) is 18.5. The summed E-state index contributed by atoms with van der Waals surface area (Å²) in [4.78, 5) is 16.0. The average molecular weight is 415 g/mol. The number of aromatic amines is 1. The minimum atomic E-state index is -1.14. The third-order valence-corrected chi connectivity index (χ3v) is 7.06. The SMILES string of the molecule is Cc1c(/C=N\N(C=O)Cc2cccc3[nH]ncc23)c2sc(S(C)=O)nc2n1C. The molecular weight excluding hydrogens is 396 g/mol. The second-order valence-electron chi connectivity index (χ2n) is 6.34. The maximum atomic E-state index is 11.8. The molecule has 1 aromatic carbocycles. The van der Waals surface area contributed by atoms with E-state index in [1.165, 1.54) is 16.3 Å². The van der Waals surface area contributed by atoms with Crippen LogP contribution in [0.15, 0.2) is 33.8 Å². The van der Waals surface area contributed by atoms with E-state index in [-0.39, 0.29) is 0 Å². The number of aromatic nitrogens is 4. The number of rotatable bonds is 6. The number of H-pyrrole nitrogens is 1. The zero-order valence-electron chi connectivity index (χ0n) is 15.5. The molecule has 144 valence electrons. The summed E-state index contributed by atoms with van der Waals surface area (Å²) in [7, 11) is 0.771. The van der Waals surface area contributed by atoms with Crippen LogP contribution in [-0.2, 0) is 29.2 Å². The topological polar surface area (TPSA) is 96.2 Å². The number of hydrazone groups is 1. The van der Waals surface area contributed by atoms with Gasteiger partial charge in [-0.25, -0.2) is 9.99 Å². The second kappa shape index (κ2) is 7.28. The van der Waals surface area contributed by atoms with Gasteiger partial charge in [-0.05, 0) is 18.6 Å². The van der Waals surface area contributed by atoms with Gasteiger partial charge in [-0.1, -0.05) is 12.1 Å². The largest absolute Gasteiger partial charge is 0.332 e. The van der Waals surface area contributed by atoms with Crippen LogP contribution in [0.5, 0.6) is 0 Å². The lowest BCUT2D eigenvalue weighted by Crippen LogP contribution is -2.15. The van der Waals surface area contributed by atoms with Gasteiger partial charge in [-0.15, -0.1) is 11.3 Å². The molecule has 0 bridgehead atoms. The summed E-state index contributed by atoms with van der Waals surface area (Å²) in [6.07, 6.45) is 5.72. The predicted molar refractivity (Wildman–Crippen MR) is 111 cm³/mol. The Bertz CT molecular complexity index is 1240. The third-order valence-electron chi connectivity index (χ3n) is 4.66. The first-order valence-corrected chi connectivity index (χ1v) is 10.8. The van der Waals surface area contributed by atoms with Gasteiger partial charge in [-0.2, -0.15) is 10.2 Å².